The molecule has 1 amide bonds. The number of hydrogen-bond donors (Lipinski definition) is 2. The van der Waals surface area contributed by atoms with E-state index in [2.05, 4.69) is 4.90 Å². The smallest absolute Gasteiger partial charge is 0.222 e. The highest BCUT2D eigenvalue weighted by atomic mass is 16.5. The van der Waals surface area contributed by atoms with Crippen LogP contribution >= 0.6 is 0 Å². The summed E-state index contributed by atoms with van der Waals surface area (Å²) in [7, 11) is 1.65. The molecule has 0 radical (unpaired) electrons. The number of piperidine rings is 1. The number of amides is 1. The molecular weight excluding hydrogens is 254 g/mol. The third-order valence-electron chi connectivity index (χ3n) is 3.88. The molecule has 4 N–H and O–H groups in total. The van der Waals surface area contributed by atoms with Crippen LogP contribution < -0.4 is 21.1 Å². The molecule has 0 bridgehead atoms. The van der Waals surface area contributed by atoms with Crippen LogP contribution in [-0.4, -0.2) is 26.1 Å². The van der Waals surface area contributed by atoms with Crippen LogP contribution in [0.3, 0.4) is 0 Å². The maximum Gasteiger partial charge on any atom is 0.222 e. The maximum absolute atomic E-state index is 11.4. The molecule has 0 aromatic heterocycles. The van der Waals surface area contributed by atoms with Crippen molar-refractivity contribution in [3.8, 4) is 5.75 Å². The Bertz CT molecular complexity index is 488. The van der Waals surface area contributed by atoms with E-state index in [0.29, 0.717) is 6.54 Å². The molecule has 5 heteroatoms. The largest absolute Gasteiger partial charge is 0.496 e. The average Bonchev–Trinajstić information content (AvgIpc) is 2.46. The molecule has 1 fully saturated rings. The average molecular weight is 277 g/mol. The summed E-state index contributed by atoms with van der Waals surface area (Å²) < 4.78 is 5.41. The van der Waals surface area contributed by atoms with Crippen LogP contribution in [0.1, 0.15) is 31.4 Å². The Morgan fingerprint density at radius 3 is 2.85 bits per heavy atom. The maximum atomic E-state index is 11.4. The minimum atomic E-state index is -0.222. The Hall–Kier alpha value is -1.75. The first-order valence-corrected chi connectivity index (χ1v) is 7.01. The summed E-state index contributed by atoms with van der Waals surface area (Å²) >= 11 is 0. The number of carbonyl (C=O) groups excluding carboxylic acids is 1. The Kier molecular flexibility index (Phi) is 4.49. The number of carbonyl (C=O) groups is 1. The van der Waals surface area contributed by atoms with E-state index in [0.717, 1.165) is 36.4 Å². The minimum absolute atomic E-state index is 0.0871. The van der Waals surface area contributed by atoms with E-state index in [4.69, 9.17) is 16.2 Å². The third kappa shape index (κ3) is 2.88. The van der Waals surface area contributed by atoms with Crippen LogP contribution in [-0.2, 0) is 4.79 Å². The number of hydrogen-bond acceptors (Lipinski definition) is 4. The summed E-state index contributed by atoms with van der Waals surface area (Å²) in [4.78, 5) is 13.6. The van der Waals surface area contributed by atoms with Crippen LogP contribution in [0.2, 0.25) is 0 Å². The molecule has 1 heterocycles. The van der Waals surface area contributed by atoms with Crippen LogP contribution in [0.15, 0.2) is 18.2 Å². The Morgan fingerprint density at radius 1 is 1.50 bits per heavy atom. The van der Waals surface area contributed by atoms with Gasteiger partial charge in [-0.05, 0) is 31.9 Å². The van der Waals surface area contributed by atoms with Gasteiger partial charge in [0.1, 0.15) is 5.75 Å². The van der Waals surface area contributed by atoms with Crippen molar-refractivity contribution in [3.63, 3.8) is 0 Å². The van der Waals surface area contributed by atoms with Gasteiger partial charge in [0.25, 0.3) is 0 Å². The van der Waals surface area contributed by atoms with Gasteiger partial charge in [0.15, 0.2) is 0 Å². The fourth-order valence-electron chi connectivity index (χ4n) is 2.87. The molecule has 1 aromatic carbocycles. The highest BCUT2D eigenvalue weighted by Gasteiger charge is 2.26. The summed E-state index contributed by atoms with van der Waals surface area (Å²) in [6.45, 7) is 3.51. The third-order valence-corrected chi connectivity index (χ3v) is 3.88. The van der Waals surface area contributed by atoms with Crippen molar-refractivity contribution >= 4 is 11.6 Å². The summed E-state index contributed by atoms with van der Waals surface area (Å²) in [5.41, 5.74) is 13.6. The van der Waals surface area contributed by atoms with Gasteiger partial charge in [-0.2, -0.15) is 0 Å². The summed E-state index contributed by atoms with van der Waals surface area (Å²) in [5, 5.41) is 0. The van der Waals surface area contributed by atoms with E-state index in [9.17, 15) is 4.79 Å². The molecule has 2 unspecified atom stereocenters. The van der Waals surface area contributed by atoms with Crippen molar-refractivity contribution in [1.82, 2.24) is 0 Å². The highest BCUT2D eigenvalue weighted by molar-refractivity contribution is 5.78. The van der Waals surface area contributed by atoms with Crippen molar-refractivity contribution < 1.29 is 9.53 Å². The molecule has 110 valence electrons. The Morgan fingerprint density at radius 2 is 2.25 bits per heavy atom. The zero-order valence-corrected chi connectivity index (χ0v) is 12.1. The zero-order valence-electron chi connectivity index (χ0n) is 12.1. The number of benzene rings is 1. The van der Waals surface area contributed by atoms with Gasteiger partial charge in [-0.25, -0.2) is 0 Å². The monoisotopic (exact) mass is 277 g/mol. The molecule has 1 aromatic rings. The molecule has 1 aliphatic heterocycles. The number of ether oxygens (including phenoxy) is 1. The van der Waals surface area contributed by atoms with Crippen molar-refractivity contribution in [2.45, 2.75) is 25.8 Å². The number of anilines is 1. The number of rotatable bonds is 4. The summed E-state index contributed by atoms with van der Waals surface area (Å²) in [6.07, 6.45) is 1.83. The van der Waals surface area contributed by atoms with Gasteiger partial charge >= 0.3 is 0 Å². The van der Waals surface area contributed by atoms with Crippen LogP contribution in [0.5, 0.6) is 5.75 Å². The molecule has 1 saturated heterocycles. The fourth-order valence-corrected chi connectivity index (χ4v) is 2.87. The van der Waals surface area contributed by atoms with E-state index >= 15 is 0 Å². The predicted octanol–water partition coefficient (Wildman–Crippen LogP) is 1.42. The topological polar surface area (TPSA) is 81.6 Å². The second-order valence-electron chi connectivity index (χ2n) is 5.37. The van der Waals surface area contributed by atoms with Crippen molar-refractivity contribution in [2.75, 3.05) is 25.1 Å². The first-order valence-electron chi connectivity index (χ1n) is 7.01. The molecule has 1 aliphatic rings. The van der Waals surface area contributed by atoms with Crippen molar-refractivity contribution in [2.24, 2.45) is 17.4 Å². The van der Waals surface area contributed by atoms with Crippen molar-refractivity contribution in [3.05, 3.63) is 23.8 Å². The Balaban J connectivity index is 2.34. The standard InChI is InChI=1S/C15H23N3O2/c1-10(16)14-12(6-3-7-13(14)20-2)18-8-4-5-11(9-18)15(17)19/h3,6-7,10-11H,4-5,8-9,16H2,1-2H3,(H2,17,19). The molecule has 2 atom stereocenters. The summed E-state index contributed by atoms with van der Waals surface area (Å²) in [6, 6.07) is 5.77. The fraction of sp³-hybridized carbons (Fsp3) is 0.533. The van der Waals surface area contributed by atoms with Gasteiger partial charge in [-0.1, -0.05) is 6.07 Å². The summed E-state index contributed by atoms with van der Waals surface area (Å²) in [5.74, 6) is 0.481. The number of nitrogens with two attached hydrogens (primary N) is 2. The zero-order chi connectivity index (χ0) is 14.7. The first kappa shape index (κ1) is 14.7. The van der Waals surface area contributed by atoms with Crippen LogP contribution in [0, 0.1) is 5.92 Å². The molecule has 20 heavy (non-hydrogen) atoms. The number of methoxy groups -OCH3 is 1. The molecule has 5 nitrogen and oxygen atoms in total. The number of nitrogens with zero attached hydrogens (tertiary/aromatic N) is 1. The van der Waals surface area contributed by atoms with Crippen LogP contribution in [0.25, 0.3) is 0 Å². The lowest BCUT2D eigenvalue weighted by Crippen LogP contribution is -2.41. The molecular formula is C15H23N3O2. The SMILES string of the molecule is COc1cccc(N2CCCC(C(N)=O)C2)c1C(C)N. The predicted molar refractivity (Wildman–Crippen MR) is 79.7 cm³/mol. The molecule has 0 aliphatic carbocycles. The van der Waals surface area contributed by atoms with Crippen LogP contribution in [0.4, 0.5) is 5.69 Å². The Labute approximate surface area is 119 Å². The molecule has 0 spiro atoms. The highest BCUT2D eigenvalue weighted by Crippen LogP contribution is 2.35. The minimum Gasteiger partial charge on any atom is -0.496 e. The van der Waals surface area contributed by atoms with E-state index < -0.39 is 0 Å². The van der Waals surface area contributed by atoms with Gasteiger partial charge in [-0.15, -0.1) is 0 Å². The van der Waals surface area contributed by atoms with E-state index in [1.807, 2.05) is 25.1 Å². The van der Waals surface area contributed by atoms with E-state index in [1.165, 1.54) is 0 Å². The lowest BCUT2D eigenvalue weighted by molar-refractivity contribution is -0.122. The molecule has 0 saturated carbocycles. The lowest BCUT2D eigenvalue weighted by Gasteiger charge is -2.35. The normalized spacial score (nSPS) is 20.6. The molecule has 2 rings (SSSR count). The second kappa shape index (κ2) is 6.13. The van der Waals surface area contributed by atoms with Gasteiger partial charge in [-0.3, -0.25) is 4.79 Å². The van der Waals surface area contributed by atoms with E-state index in [-0.39, 0.29) is 17.9 Å². The van der Waals surface area contributed by atoms with Gasteiger partial charge in [0.05, 0.1) is 13.0 Å². The van der Waals surface area contributed by atoms with Gasteiger partial charge < -0.3 is 21.1 Å². The lowest BCUT2D eigenvalue weighted by atomic mass is 9.95. The number of primary amides is 1. The second-order valence-corrected chi connectivity index (χ2v) is 5.37. The van der Waals surface area contributed by atoms with E-state index in [1.54, 1.807) is 7.11 Å². The van der Waals surface area contributed by atoms with Gasteiger partial charge in [0.2, 0.25) is 5.91 Å². The quantitative estimate of drug-likeness (QED) is 0.872. The first-order chi connectivity index (χ1) is 9.54. The van der Waals surface area contributed by atoms with Gasteiger partial charge in [0, 0.05) is 30.4 Å². The van der Waals surface area contributed by atoms with Crippen molar-refractivity contribution in [1.29, 1.82) is 0 Å².